The van der Waals surface area contributed by atoms with Crippen molar-refractivity contribution in [2.24, 2.45) is 0 Å². The maximum Gasteiger partial charge on any atom is 0.298 e. The molecule has 2 fully saturated rings. The van der Waals surface area contributed by atoms with Crippen LogP contribution in [0.4, 0.5) is 23.3 Å². The number of ether oxygens (including phenoxy) is 1. The topological polar surface area (TPSA) is 215 Å². The number of hydrogen-bond donors (Lipinski definition) is 4. The Morgan fingerprint density at radius 3 is 1.70 bits per heavy atom. The van der Waals surface area contributed by atoms with Crippen molar-refractivity contribution in [1.82, 2.24) is 49.5 Å². The summed E-state index contributed by atoms with van der Waals surface area (Å²) in [6.45, 7) is 10.6. The van der Waals surface area contributed by atoms with E-state index in [2.05, 4.69) is 89.0 Å². The van der Waals surface area contributed by atoms with Gasteiger partial charge in [-0.25, -0.2) is 26.6 Å². The van der Waals surface area contributed by atoms with E-state index in [0.29, 0.717) is 37.5 Å². The molecule has 392 valence electrons. The molecule has 23 heteroatoms. The molecule has 0 spiro atoms. The van der Waals surface area contributed by atoms with E-state index in [4.69, 9.17) is 15.4 Å². The van der Waals surface area contributed by atoms with Gasteiger partial charge >= 0.3 is 0 Å². The molecule has 6 aliphatic rings. The van der Waals surface area contributed by atoms with Gasteiger partial charge in [0.1, 0.15) is 6.73 Å². The normalized spacial score (nSPS) is 17.0. The second-order valence-corrected chi connectivity index (χ2v) is 30.5. The first-order chi connectivity index (χ1) is 34.2. The standard InChI is InChI=1S/C22H24N6O2S.C20H29ClN4O3SSi.C8H10N2.2ClH/c29-31(30,28-12-16(13-28)19-9-1-2-10-23-19)22-25-21(26-27-22)24-20-17-7-3-5-14(17)11-15-6-4-8-18(15)20;1-30(2,3)11-10-28-13-25-19(23-20(24-25)29(21,26)27)22-18-16-8-4-6-14(16)12-15-7-5-9-17(15)18;1-2-4-10-8(3-1)7-5-9-6-7;;/h1-2,9-11,16H,3-8,12-13H2,(H2,24,25,26,27);12H,4-11,13H2,1-3H3,(H,22,23,24);1-4,7,9H,5-6H2;2*1H. The maximum atomic E-state index is 13.0. The average Bonchev–Trinajstić information content (AvgIpc) is 4.17. The number of pyridine rings is 2. The van der Waals surface area contributed by atoms with Crippen molar-refractivity contribution in [2.75, 3.05) is 43.4 Å². The van der Waals surface area contributed by atoms with Gasteiger partial charge in [0.2, 0.25) is 11.9 Å². The molecular weight excluding hydrogens is 1050 g/mol. The van der Waals surface area contributed by atoms with Crippen molar-refractivity contribution >= 4 is 85.9 Å². The Morgan fingerprint density at radius 2 is 1.23 bits per heavy atom. The number of fused-ring (bicyclic) bond motifs is 4. The van der Waals surface area contributed by atoms with Gasteiger partial charge in [-0.3, -0.25) is 9.97 Å². The molecule has 0 atom stereocenters. The minimum absolute atomic E-state index is 0. The number of hydrogen-bond acceptors (Lipinski definition) is 14. The minimum Gasteiger partial charge on any atom is -0.359 e. The van der Waals surface area contributed by atoms with E-state index in [-0.39, 0.29) is 42.6 Å². The highest BCUT2D eigenvalue weighted by Crippen LogP contribution is 2.41. The summed E-state index contributed by atoms with van der Waals surface area (Å²) in [5, 5.41) is 20.4. The second-order valence-electron chi connectivity index (χ2n) is 20.6. The largest absolute Gasteiger partial charge is 0.359 e. The smallest absolute Gasteiger partial charge is 0.298 e. The third kappa shape index (κ3) is 12.4. The minimum atomic E-state index is -4.03. The molecule has 6 aromatic rings. The Morgan fingerprint density at radius 1 is 0.712 bits per heavy atom. The van der Waals surface area contributed by atoms with Crippen LogP contribution in [0.25, 0.3) is 0 Å². The first-order valence-corrected chi connectivity index (χ1v) is 32.4. The maximum absolute atomic E-state index is 13.0. The monoisotopic (exact) mass is 1110 g/mol. The molecule has 0 unspecified atom stereocenters. The summed E-state index contributed by atoms with van der Waals surface area (Å²) < 4.78 is 58.3. The van der Waals surface area contributed by atoms with Crippen molar-refractivity contribution in [3.8, 4) is 0 Å². The number of H-pyrrole nitrogens is 1. The molecule has 2 aromatic carbocycles. The molecule has 12 rings (SSSR count). The third-order valence-corrected chi connectivity index (χ3v) is 18.8. The number of halogens is 3. The SMILES string of the molecule is C[Si](C)(C)CCOCn1nc(S(=O)(=O)Cl)nc1Nc1c2c(cc3c1CCC3)CCC2.Cl.Cl.O=S(=O)(c1nc(Nc2c3c(cc4c2CCC4)CCC3)n[nH]1)N1CC(c2ccccn2)C1.c1ccc(C2CNC2)nc1. The molecule has 4 N–H and O–H groups in total. The first kappa shape index (κ1) is 54.7. The van der Waals surface area contributed by atoms with Crippen LogP contribution in [0.15, 0.2) is 71.2 Å². The zero-order valence-electron chi connectivity index (χ0n) is 41.5. The van der Waals surface area contributed by atoms with Crippen LogP contribution in [0.5, 0.6) is 0 Å². The Bertz CT molecular complexity index is 3050. The number of aryl methyl sites for hydroxylation is 4. The summed E-state index contributed by atoms with van der Waals surface area (Å²) in [5.41, 5.74) is 15.2. The average molecular weight is 1110 g/mol. The lowest BCUT2D eigenvalue weighted by molar-refractivity contribution is 0.0792. The van der Waals surface area contributed by atoms with E-state index in [9.17, 15) is 16.8 Å². The van der Waals surface area contributed by atoms with Crippen LogP contribution < -0.4 is 16.0 Å². The van der Waals surface area contributed by atoms with Gasteiger partial charge in [0.05, 0.1) is 0 Å². The van der Waals surface area contributed by atoms with Crippen molar-refractivity contribution in [3.05, 3.63) is 117 Å². The lowest BCUT2D eigenvalue weighted by atomic mass is 9.99. The zero-order chi connectivity index (χ0) is 49.3. The molecule has 73 heavy (non-hydrogen) atoms. The van der Waals surface area contributed by atoms with Crippen LogP contribution in [0, 0.1) is 0 Å². The van der Waals surface area contributed by atoms with Crippen molar-refractivity contribution in [2.45, 2.75) is 132 Å². The number of anilines is 4. The number of nitrogens with one attached hydrogen (secondary N) is 4. The molecule has 0 bridgehead atoms. The van der Waals surface area contributed by atoms with Crippen LogP contribution >= 0.6 is 35.5 Å². The molecule has 17 nitrogen and oxygen atoms in total. The molecule has 0 saturated carbocycles. The summed E-state index contributed by atoms with van der Waals surface area (Å²) in [6, 6.07) is 17.5. The van der Waals surface area contributed by atoms with E-state index >= 15 is 0 Å². The highest BCUT2D eigenvalue weighted by molar-refractivity contribution is 8.13. The fourth-order valence-corrected chi connectivity index (χ4v) is 13.1. The Balaban J connectivity index is 0.000000160. The van der Waals surface area contributed by atoms with Gasteiger partial charge in [-0.15, -0.1) is 35.0 Å². The molecular formula is C50H65Cl3N12O5S2Si. The zero-order valence-corrected chi connectivity index (χ0v) is 46.5. The summed E-state index contributed by atoms with van der Waals surface area (Å²) in [4.78, 5) is 17.1. The van der Waals surface area contributed by atoms with Crippen LogP contribution in [0.1, 0.15) is 93.4 Å². The molecule has 2 saturated heterocycles. The Hall–Kier alpha value is -4.51. The third-order valence-electron chi connectivity index (χ3n) is 14.4. The van der Waals surface area contributed by atoms with E-state index < -0.39 is 32.3 Å². The summed E-state index contributed by atoms with van der Waals surface area (Å²) in [6.07, 6.45) is 16.7. The lowest BCUT2D eigenvalue weighted by Gasteiger charge is -2.36. The van der Waals surface area contributed by atoms with Gasteiger partial charge in [0.25, 0.3) is 29.4 Å². The number of sulfonamides is 1. The van der Waals surface area contributed by atoms with Crippen LogP contribution in [-0.4, -0.2) is 102 Å². The predicted molar refractivity (Wildman–Crippen MR) is 291 cm³/mol. The number of benzene rings is 2. The number of aromatic amines is 1. The Kier molecular flexibility index (Phi) is 17.4. The van der Waals surface area contributed by atoms with Crippen molar-refractivity contribution in [3.63, 3.8) is 0 Å². The van der Waals surface area contributed by atoms with Crippen LogP contribution in [0.3, 0.4) is 0 Å². The second kappa shape index (κ2) is 23.2. The van der Waals surface area contributed by atoms with E-state index in [1.54, 1.807) is 6.20 Å². The van der Waals surface area contributed by atoms with Gasteiger partial charge < -0.3 is 20.7 Å². The molecule has 2 aliphatic heterocycles. The quantitative estimate of drug-likeness (QED) is 0.0457. The number of nitrogens with zero attached hydrogens (tertiary/aromatic N) is 8. The van der Waals surface area contributed by atoms with E-state index in [1.807, 2.05) is 36.5 Å². The van der Waals surface area contributed by atoms with Crippen molar-refractivity contribution < 1.29 is 21.6 Å². The lowest BCUT2D eigenvalue weighted by Crippen LogP contribution is -2.48. The molecule has 6 heterocycles. The highest BCUT2D eigenvalue weighted by Gasteiger charge is 2.40. The van der Waals surface area contributed by atoms with Crippen molar-refractivity contribution in [1.29, 1.82) is 0 Å². The van der Waals surface area contributed by atoms with Gasteiger partial charge in [-0.1, -0.05) is 43.9 Å². The summed E-state index contributed by atoms with van der Waals surface area (Å²) in [5.74, 6) is 1.46. The summed E-state index contributed by atoms with van der Waals surface area (Å²) in [7, 11) is -3.43. The molecule has 4 aliphatic carbocycles. The highest BCUT2D eigenvalue weighted by atomic mass is 35.7. The number of rotatable bonds is 14. The van der Waals surface area contributed by atoms with Gasteiger partial charge in [0, 0.05) is 98.5 Å². The van der Waals surface area contributed by atoms with E-state index in [1.165, 1.54) is 59.2 Å². The molecule has 0 radical (unpaired) electrons. The van der Waals surface area contributed by atoms with E-state index in [0.717, 1.165) is 113 Å². The molecule has 0 amide bonds. The molecule has 4 aromatic heterocycles. The summed E-state index contributed by atoms with van der Waals surface area (Å²) >= 11 is 0. The van der Waals surface area contributed by atoms with Gasteiger partial charge in [-0.2, -0.15) is 14.3 Å². The van der Waals surface area contributed by atoms with Gasteiger partial charge in [-0.05, 0) is 152 Å². The van der Waals surface area contributed by atoms with Gasteiger partial charge in [0.15, 0.2) is 0 Å². The number of aromatic nitrogens is 8. The fourth-order valence-electron chi connectivity index (χ4n) is 10.4. The predicted octanol–water partition coefficient (Wildman–Crippen LogP) is 8.56. The first-order valence-electron chi connectivity index (χ1n) is 25.0. The van der Waals surface area contributed by atoms with Crippen LogP contribution in [0.2, 0.25) is 25.7 Å². The fraction of sp³-hybridized carbons (Fsp3) is 0.480. The van der Waals surface area contributed by atoms with Crippen LogP contribution in [-0.2, 0) is 81.9 Å². The Labute approximate surface area is 446 Å².